The van der Waals surface area contributed by atoms with Gasteiger partial charge < -0.3 is 10.6 Å². The van der Waals surface area contributed by atoms with E-state index in [1.807, 2.05) is 0 Å². The Balaban J connectivity index is 2.47. The number of pyridine rings is 1. The van der Waals surface area contributed by atoms with Crippen molar-refractivity contribution in [2.45, 2.75) is 0 Å². The summed E-state index contributed by atoms with van der Waals surface area (Å²) in [4.78, 5) is 11.9. The Labute approximate surface area is 109 Å². The van der Waals surface area contributed by atoms with Crippen LogP contribution in [-0.2, 0) is 0 Å². The van der Waals surface area contributed by atoms with Crippen LogP contribution in [0.1, 0.15) is 5.69 Å². The van der Waals surface area contributed by atoms with Gasteiger partial charge in [0.1, 0.15) is 17.5 Å². The number of nitrogens with zero attached hydrogens (tertiary/aromatic N) is 4. The van der Waals surface area contributed by atoms with Crippen LogP contribution in [0, 0.1) is 11.3 Å². The lowest BCUT2D eigenvalue weighted by Gasteiger charge is -2.18. The molecule has 0 spiro atoms. The molecule has 18 heavy (non-hydrogen) atoms. The number of aromatic nitrogens is 1. The van der Waals surface area contributed by atoms with Crippen molar-refractivity contribution >= 4 is 28.4 Å². The molecule has 1 aliphatic heterocycles. The molecule has 2 rings (SSSR count). The van der Waals surface area contributed by atoms with Crippen LogP contribution in [0.25, 0.3) is 5.57 Å². The summed E-state index contributed by atoms with van der Waals surface area (Å²) >= 11 is 5.83. The van der Waals surface area contributed by atoms with Crippen LogP contribution in [-0.4, -0.2) is 23.3 Å². The van der Waals surface area contributed by atoms with Crippen LogP contribution in [0.5, 0.6) is 0 Å². The number of hydrogen-bond donors (Lipinski definition) is 2. The Bertz CT molecular complexity index is 581. The number of guanidine groups is 1. The Morgan fingerprint density at radius 2 is 2.28 bits per heavy atom. The topological polar surface area (TPSA) is 85.5 Å². The number of nitriles is 1. The normalized spacial score (nSPS) is 19.4. The molecule has 1 aromatic rings. The predicted molar refractivity (Wildman–Crippen MR) is 69.7 cm³/mol. The number of allylic oxidation sites excluding steroid dienone is 1. The Hall–Kier alpha value is -2.39. The molecule has 0 fully saturated rings. The van der Waals surface area contributed by atoms with Gasteiger partial charge in [0.05, 0.1) is 5.69 Å². The quantitative estimate of drug-likeness (QED) is 0.584. The highest BCUT2D eigenvalue weighted by Gasteiger charge is 2.17. The number of halogens is 1. The Morgan fingerprint density at radius 1 is 1.44 bits per heavy atom. The molecule has 2 heterocycles. The van der Waals surface area contributed by atoms with Crippen LogP contribution in [0.15, 0.2) is 40.2 Å². The van der Waals surface area contributed by atoms with Crippen molar-refractivity contribution in [3.05, 3.63) is 35.9 Å². The number of nitrogens with one attached hydrogen (secondary N) is 2. The van der Waals surface area contributed by atoms with Gasteiger partial charge in [-0.25, -0.2) is 0 Å². The first-order valence-corrected chi connectivity index (χ1v) is 5.43. The van der Waals surface area contributed by atoms with Gasteiger partial charge in [-0.3, -0.25) is 9.98 Å². The average molecular weight is 261 g/mol. The molecule has 0 aliphatic carbocycles. The fourth-order valence-corrected chi connectivity index (χ4v) is 1.55. The SMILES string of the molecule is CN=C1N=C(Cl)NC(=C(C#N)c2ccccn2)N1. The average Bonchev–Trinajstić information content (AvgIpc) is 2.40. The maximum Gasteiger partial charge on any atom is 0.226 e. The van der Waals surface area contributed by atoms with E-state index in [9.17, 15) is 5.26 Å². The van der Waals surface area contributed by atoms with E-state index in [2.05, 4.69) is 31.7 Å². The van der Waals surface area contributed by atoms with Gasteiger partial charge >= 0.3 is 0 Å². The summed E-state index contributed by atoms with van der Waals surface area (Å²) in [6, 6.07) is 7.39. The zero-order chi connectivity index (χ0) is 13.0. The van der Waals surface area contributed by atoms with E-state index >= 15 is 0 Å². The van der Waals surface area contributed by atoms with E-state index < -0.39 is 0 Å². The van der Waals surface area contributed by atoms with Gasteiger partial charge in [0.25, 0.3) is 0 Å². The third kappa shape index (κ3) is 2.47. The summed E-state index contributed by atoms with van der Waals surface area (Å²) in [6.45, 7) is 0. The minimum absolute atomic E-state index is 0.146. The zero-order valence-electron chi connectivity index (χ0n) is 9.48. The number of hydrogen-bond acceptors (Lipinski definition) is 4. The second kappa shape index (κ2) is 5.29. The van der Waals surface area contributed by atoms with E-state index in [0.717, 1.165) is 0 Å². The summed E-state index contributed by atoms with van der Waals surface area (Å²) in [5, 5.41) is 15.0. The molecule has 0 bridgehead atoms. The molecule has 0 saturated heterocycles. The van der Waals surface area contributed by atoms with Gasteiger partial charge in [-0.1, -0.05) is 6.07 Å². The highest BCUT2D eigenvalue weighted by Crippen LogP contribution is 2.14. The van der Waals surface area contributed by atoms with E-state index in [1.54, 1.807) is 31.4 Å². The Kier molecular flexibility index (Phi) is 3.55. The van der Waals surface area contributed by atoms with Gasteiger partial charge in [0, 0.05) is 13.2 Å². The monoisotopic (exact) mass is 260 g/mol. The maximum absolute atomic E-state index is 9.23. The van der Waals surface area contributed by atoms with Crippen molar-refractivity contribution in [2.75, 3.05) is 7.05 Å². The molecule has 6 nitrogen and oxygen atoms in total. The molecule has 0 aromatic carbocycles. The van der Waals surface area contributed by atoms with Crippen molar-refractivity contribution in [2.24, 2.45) is 9.98 Å². The molecule has 2 N–H and O–H groups in total. The maximum atomic E-state index is 9.23. The molecule has 0 saturated carbocycles. The van der Waals surface area contributed by atoms with Crippen molar-refractivity contribution in [3.63, 3.8) is 0 Å². The first kappa shape index (κ1) is 12.1. The third-order valence-electron chi connectivity index (χ3n) is 2.16. The fraction of sp³-hybridized carbons (Fsp3) is 0.0909. The molecule has 1 aromatic heterocycles. The molecule has 0 radical (unpaired) electrons. The molecular formula is C11H9ClN6. The van der Waals surface area contributed by atoms with Crippen molar-refractivity contribution in [1.29, 1.82) is 5.26 Å². The van der Waals surface area contributed by atoms with Crippen LogP contribution in [0.4, 0.5) is 0 Å². The smallest absolute Gasteiger partial charge is 0.226 e. The van der Waals surface area contributed by atoms with Gasteiger partial charge in [0.2, 0.25) is 11.3 Å². The first-order chi connectivity index (χ1) is 8.74. The zero-order valence-corrected chi connectivity index (χ0v) is 10.2. The van der Waals surface area contributed by atoms with Crippen molar-refractivity contribution < 1.29 is 0 Å². The van der Waals surface area contributed by atoms with E-state index in [1.165, 1.54) is 0 Å². The second-order valence-electron chi connectivity index (χ2n) is 3.28. The largest absolute Gasteiger partial charge is 0.315 e. The highest BCUT2D eigenvalue weighted by molar-refractivity contribution is 6.65. The van der Waals surface area contributed by atoms with Crippen molar-refractivity contribution in [3.8, 4) is 6.07 Å². The molecule has 0 unspecified atom stereocenters. The number of aliphatic imine (C=N–C) groups is 2. The number of rotatable bonds is 1. The van der Waals surface area contributed by atoms with Gasteiger partial charge in [-0.05, 0) is 23.7 Å². The fourth-order valence-electron chi connectivity index (χ4n) is 1.38. The summed E-state index contributed by atoms with van der Waals surface area (Å²) in [5.74, 6) is 0.745. The minimum Gasteiger partial charge on any atom is -0.315 e. The highest BCUT2D eigenvalue weighted by atomic mass is 35.5. The number of amidine groups is 1. The Morgan fingerprint density at radius 3 is 2.89 bits per heavy atom. The van der Waals surface area contributed by atoms with Gasteiger partial charge in [-0.15, -0.1) is 0 Å². The molecule has 90 valence electrons. The summed E-state index contributed by atoms with van der Waals surface area (Å²) in [5.41, 5.74) is 0.876. The van der Waals surface area contributed by atoms with Crippen molar-refractivity contribution in [1.82, 2.24) is 15.6 Å². The minimum atomic E-state index is 0.146. The molecule has 0 amide bonds. The lowest BCUT2D eigenvalue weighted by atomic mass is 10.2. The van der Waals surface area contributed by atoms with Crippen LogP contribution in [0.2, 0.25) is 0 Å². The summed E-state index contributed by atoms with van der Waals surface area (Å²) < 4.78 is 0. The summed E-state index contributed by atoms with van der Waals surface area (Å²) in [7, 11) is 1.58. The van der Waals surface area contributed by atoms with Crippen LogP contribution in [0.3, 0.4) is 0 Å². The lowest BCUT2D eigenvalue weighted by Crippen LogP contribution is -2.39. The van der Waals surface area contributed by atoms with Crippen LogP contribution >= 0.6 is 11.6 Å². The van der Waals surface area contributed by atoms with Crippen LogP contribution < -0.4 is 10.6 Å². The van der Waals surface area contributed by atoms with E-state index in [4.69, 9.17) is 11.6 Å². The standard InChI is InChI=1S/C11H9ClN6/c1-14-11-17-9(16-10(12)18-11)7(6-13)8-4-2-3-5-15-8/h2-5H,1H3,(H2,14,16,17,18). The second-order valence-corrected chi connectivity index (χ2v) is 3.63. The van der Waals surface area contributed by atoms with E-state index in [0.29, 0.717) is 23.0 Å². The van der Waals surface area contributed by atoms with E-state index in [-0.39, 0.29) is 5.29 Å². The predicted octanol–water partition coefficient (Wildman–Crippen LogP) is 1.05. The molecule has 1 aliphatic rings. The molecule has 0 atom stereocenters. The molecular weight excluding hydrogens is 252 g/mol. The molecule has 7 heteroatoms. The van der Waals surface area contributed by atoms with Gasteiger partial charge in [0.15, 0.2) is 0 Å². The van der Waals surface area contributed by atoms with Gasteiger partial charge in [-0.2, -0.15) is 10.3 Å². The lowest BCUT2D eigenvalue weighted by molar-refractivity contribution is 0.948. The first-order valence-electron chi connectivity index (χ1n) is 5.05. The summed E-state index contributed by atoms with van der Waals surface area (Å²) in [6.07, 6.45) is 1.61. The third-order valence-corrected chi connectivity index (χ3v) is 2.34.